The number of methoxy groups -OCH3 is 1. The molecule has 5 heteroatoms. The van der Waals surface area contributed by atoms with Gasteiger partial charge in [-0.2, -0.15) is 0 Å². The van der Waals surface area contributed by atoms with Crippen LogP contribution in [0.2, 0.25) is 0 Å². The zero-order chi connectivity index (χ0) is 15.0. The lowest BCUT2D eigenvalue weighted by atomic mass is 9.97. The number of nitrogens with zero attached hydrogens (tertiary/aromatic N) is 1. The summed E-state index contributed by atoms with van der Waals surface area (Å²) in [6, 6.07) is 7.28. The molecule has 1 aromatic carbocycles. The van der Waals surface area contributed by atoms with E-state index in [1.165, 1.54) is 11.3 Å². The first-order valence-corrected chi connectivity index (χ1v) is 7.55. The highest BCUT2D eigenvalue weighted by Gasteiger charge is 2.22. The van der Waals surface area contributed by atoms with Crippen molar-refractivity contribution >= 4 is 28.7 Å². The second-order valence-corrected chi connectivity index (χ2v) is 5.89. The first-order chi connectivity index (χ1) is 10.1. The Morgan fingerprint density at radius 3 is 2.81 bits per heavy atom. The van der Waals surface area contributed by atoms with Crippen LogP contribution in [0.1, 0.15) is 27.2 Å². The summed E-state index contributed by atoms with van der Waals surface area (Å²) in [7, 11) is 3.36. The highest BCUT2D eigenvalue weighted by atomic mass is 32.1. The van der Waals surface area contributed by atoms with Crippen molar-refractivity contribution in [3.8, 4) is 5.75 Å². The van der Waals surface area contributed by atoms with Gasteiger partial charge in [-0.05, 0) is 30.2 Å². The van der Waals surface area contributed by atoms with Gasteiger partial charge in [-0.25, -0.2) is 0 Å². The second kappa shape index (κ2) is 5.33. The van der Waals surface area contributed by atoms with E-state index in [1.807, 2.05) is 17.5 Å². The third kappa shape index (κ3) is 2.45. The van der Waals surface area contributed by atoms with Gasteiger partial charge in [-0.1, -0.05) is 0 Å². The molecule has 0 aliphatic carbocycles. The van der Waals surface area contributed by atoms with Gasteiger partial charge in [-0.15, -0.1) is 11.3 Å². The van der Waals surface area contributed by atoms with Crippen molar-refractivity contribution in [1.29, 1.82) is 0 Å². The Kier molecular flexibility index (Phi) is 3.51. The van der Waals surface area contributed by atoms with Crippen LogP contribution < -0.4 is 9.64 Å². The number of amides is 1. The van der Waals surface area contributed by atoms with Crippen LogP contribution in [0.5, 0.6) is 5.75 Å². The normalized spacial score (nSPS) is 14.0. The summed E-state index contributed by atoms with van der Waals surface area (Å²) in [6.45, 7) is 0. The summed E-state index contributed by atoms with van der Waals surface area (Å²) in [4.78, 5) is 26.5. The van der Waals surface area contributed by atoms with Gasteiger partial charge in [-0.3, -0.25) is 9.59 Å². The van der Waals surface area contributed by atoms with Crippen molar-refractivity contribution in [1.82, 2.24) is 0 Å². The van der Waals surface area contributed by atoms with Crippen molar-refractivity contribution < 1.29 is 14.3 Å². The minimum absolute atomic E-state index is 0.00865. The molecule has 0 bridgehead atoms. The minimum atomic E-state index is -0.00865. The molecule has 2 aromatic rings. The summed E-state index contributed by atoms with van der Waals surface area (Å²) in [5.74, 6) is 0.807. The molecule has 1 aromatic heterocycles. The van der Waals surface area contributed by atoms with Gasteiger partial charge in [0.1, 0.15) is 5.75 Å². The third-order valence-corrected chi connectivity index (χ3v) is 4.63. The lowest BCUT2D eigenvalue weighted by molar-refractivity contribution is -0.118. The maximum absolute atomic E-state index is 12.5. The second-order valence-electron chi connectivity index (χ2n) is 4.98. The molecule has 0 atom stereocenters. The van der Waals surface area contributed by atoms with E-state index in [2.05, 4.69) is 0 Å². The fourth-order valence-corrected chi connectivity index (χ4v) is 3.30. The first-order valence-electron chi connectivity index (χ1n) is 6.67. The van der Waals surface area contributed by atoms with Crippen LogP contribution in [0, 0.1) is 0 Å². The average molecular weight is 301 g/mol. The molecule has 1 amide bonds. The van der Waals surface area contributed by atoms with Crippen LogP contribution in [-0.2, 0) is 11.2 Å². The molecule has 0 radical (unpaired) electrons. The summed E-state index contributed by atoms with van der Waals surface area (Å²) in [5, 5.41) is 1.82. The number of hydrogen-bond acceptors (Lipinski definition) is 4. The maximum atomic E-state index is 12.5. The van der Waals surface area contributed by atoms with Crippen LogP contribution >= 0.6 is 11.3 Å². The number of aryl methyl sites for hydroxylation is 1. The molecule has 0 fully saturated rings. The molecule has 0 unspecified atom stereocenters. The van der Waals surface area contributed by atoms with Crippen molar-refractivity contribution in [2.75, 3.05) is 19.1 Å². The SMILES string of the molecule is COc1csc(C(=O)c2ccc3c(c2)CCC(=O)N3C)c1. The van der Waals surface area contributed by atoms with Crippen LogP contribution in [0.25, 0.3) is 0 Å². The van der Waals surface area contributed by atoms with Crippen molar-refractivity contribution in [3.05, 3.63) is 45.6 Å². The number of rotatable bonds is 3. The zero-order valence-electron chi connectivity index (χ0n) is 11.9. The van der Waals surface area contributed by atoms with Gasteiger partial charge >= 0.3 is 0 Å². The molecule has 1 aliphatic heterocycles. The summed E-state index contributed by atoms with van der Waals surface area (Å²) < 4.78 is 5.11. The molecule has 108 valence electrons. The fraction of sp³-hybridized carbons (Fsp3) is 0.250. The number of ketones is 1. The monoisotopic (exact) mass is 301 g/mol. The molecule has 0 saturated carbocycles. The smallest absolute Gasteiger partial charge is 0.227 e. The molecule has 0 N–H and O–H groups in total. The Bertz CT molecular complexity index is 720. The summed E-state index contributed by atoms with van der Waals surface area (Å²) in [5.41, 5.74) is 2.60. The van der Waals surface area contributed by atoms with Gasteiger partial charge in [0.25, 0.3) is 0 Å². The number of carbonyl (C=O) groups is 2. The van der Waals surface area contributed by atoms with E-state index < -0.39 is 0 Å². The molecule has 21 heavy (non-hydrogen) atoms. The predicted molar refractivity (Wildman–Crippen MR) is 82.5 cm³/mol. The molecule has 1 aliphatic rings. The number of hydrogen-bond donors (Lipinski definition) is 0. The summed E-state index contributed by atoms with van der Waals surface area (Å²) >= 11 is 1.38. The van der Waals surface area contributed by atoms with E-state index >= 15 is 0 Å². The van der Waals surface area contributed by atoms with E-state index in [9.17, 15) is 9.59 Å². The van der Waals surface area contributed by atoms with E-state index in [1.54, 1.807) is 31.2 Å². The summed E-state index contributed by atoms with van der Waals surface area (Å²) in [6.07, 6.45) is 1.18. The minimum Gasteiger partial charge on any atom is -0.496 e. The topological polar surface area (TPSA) is 46.6 Å². The highest BCUT2D eigenvalue weighted by molar-refractivity contribution is 7.12. The Morgan fingerprint density at radius 1 is 1.29 bits per heavy atom. The number of thiophene rings is 1. The maximum Gasteiger partial charge on any atom is 0.227 e. The average Bonchev–Trinajstić information content (AvgIpc) is 2.99. The Labute approximate surface area is 127 Å². The van der Waals surface area contributed by atoms with E-state index in [-0.39, 0.29) is 11.7 Å². The van der Waals surface area contributed by atoms with Gasteiger partial charge in [0.15, 0.2) is 0 Å². The molecule has 0 spiro atoms. The van der Waals surface area contributed by atoms with Gasteiger partial charge in [0, 0.05) is 36.2 Å². The molecule has 3 rings (SSSR count). The van der Waals surface area contributed by atoms with Crippen molar-refractivity contribution in [2.24, 2.45) is 0 Å². The number of ether oxygens (including phenoxy) is 1. The third-order valence-electron chi connectivity index (χ3n) is 3.72. The first kappa shape index (κ1) is 13.8. The predicted octanol–water partition coefficient (Wildman–Crippen LogP) is 2.90. The van der Waals surface area contributed by atoms with Gasteiger partial charge < -0.3 is 9.64 Å². The highest BCUT2D eigenvalue weighted by Crippen LogP contribution is 2.30. The van der Waals surface area contributed by atoms with E-state index in [4.69, 9.17) is 4.74 Å². The Hall–Kier alpha value is -2.14. The quantitative estimate of drug-likeness (QED) is 0.819. The van der Waals surface area contributed by atoms with Crippen LogP contribution in [0.4, 0.5) is 5.69 Å². The Balaban J connectivity index is 1.93. The fourth-order valence-electron chi connectivity index (χ4n) is 2.49. The standard InChI is InChI=1S/C16H15NO3S/c1-17-13-5-3-11(7-10(13)4-6-15(17)18)16(19)14-8-12(20-2)9-21-14/h3,5,7-9H,4,6H2,1-2H3. The molecular formula is C16H15NO3S. The molecule has 2 heterocycles. The van der Waals surface area contributed by atoms with Crippen molar-refractivity contribution in [2.45, 2.75) is 12.8 Å². The zero-order valence-corrected chi connectivity index (χ0v) is 12.7. The Morgan fingerprint density at radius 2 is 2.10 bits per heavy atom. The van der Waals surface area contributed by atoms with Gasteiger partial charge in [0.2, 0.25) is 11.7 Å². The van der Waals surface area contributed by atoms with Crippen LogP contribution in [0.15, 0.2) is 29.6 Å². The van der Waals surface area contributed by atoms with E-state index in [0.29, 0.717) is 29.0 Å². The van der Waals surface area contributed by atoms with Crippen LogP contribution in [-0.4, -0.2) is 25.8 Å². The number of benzene rings is 1. The van der Waals surface area contributed by atoms with Crippen molar-refractivity contribution in [3.63, 3.8) is 0 Å². The molecule has 4 nitrogen and oxygen atoms in total. The lowest BCUT2D eigenvalue weighted by Crippen LogP contribution is -2.31. The number of anilines is 1. The number of fused-ring (bicyclic) bond motifs is 1. The largest absolute Gasteiger partial charge is 0.496 e. The van der Waals surface area contributed by atoms with Gasteiger partial charge in [0.05, 0.1) is 12.0 Å². The van der Waals surface area contributed by atoms with E-state index in [0.717, 1.165) is 11.3 Å². The van der Waals surface area contributed by atoms with Crippen LogP contribution in [0.3, 0.4) is 0 Å². The molecule has 0 saturated heterocycles. The lowest BCUT2D eigenvalue weighted by Gasteiger charge is -2.25. The molecular weight excluding hydrogens is 286 g/mol. The number of carbonyl (C=O) groups excluding carboxylic acids is 2.